The third kappa shape index (κ3) is 2.72. The standard InChI is InChI=1S/C13H22N4O/c1-4-18-13-10(2)12(15-9-16-13)17-6-5-11(8-17)7-14-3/h9,11,14H,4-8H2,1-3H3. The van der Waals surface area contributed by atoms with E-state index in [0.29, 0.717) is 18.4 Å². The number of hydrogen-bond acceptors (Lipinski definition) is 5. The number of aromatic nitrogens is 2. The van der Waals surface area contributed by atoms with Gasteiger partial charge >= 0.3 is 0 Å². The topological polar surface area (TPSA) is 50.3 Å². The van der Waals surface area contributed by atoms with E-state index in [-0.39, 0.29) is 0 Å². The molecule has 0 bridgehead atoms. The second-order valence-corrected chi connectivity index (χ2v) is 4.72. The van der Waals surface area contributed by atoms with Crippen LogP contribution in [0.3, 0.4) is 0 Å². The molecule has 1 N–H and O–H groups in total. The van der Waals surface area contributed by atoms with E-state index in [0.717, 1.165) is 31.0 Å². The van der Waals surface area contributed by atoms with Crippen molar-refractivity contribution < 1.29 is 4.74 Å². The van der Waals surface area contributed by atoms with E-state index in [4.69, 9.17) is 4.74 Å². The van der Waals surface area contributed by atoms with Crippen molar-refractivity contribution in [2.45, 2.75) is 20.3 Å². The van der Waals surface area contributed by atoms with Crippen LogP contribution in [0.2, 0.25) is 0 Å². The van der Waals surface area contributed by atoms with Gasteiger partial charge in [-0.05, 0) is 39.8 Å². The third-order valence-corrected chi connectivity index (χ3v) is 3.37. The molecule has 1 aliphatic rings. The van der Waals surface area contributed by atoms with Gasteiger partial charge in [-0.2, -0.15) is 0 Å². The highest BCUT2D eigenvalue weighted by atomic mass is 16.5. The maximum absolute atomic E-state index is 5.52. The average molecular weight is 250 g/mol. The van der Waals surface area contributed by atoms with Crippen LogP contribution in [0.15, 0.2) is 6.33 Å². The number of hydrogen-bond donors (Lipinski definition) is 1. The first-order chi connectivity index (χ1) is 8.76. The fraction of sp³-hybridized carbons (Fsp3) is 0.692. The van der Waals surface area contributed by atoms with Crippen molar-refractivity contribution in [2.75, 3.05) is 38.2 Å². The molecule has 1 fully saturated rings. The fourth-order valence-corrected chi connectivity index (χ4v) is 2.51. The molecule has 100 valence electrons. The van der Waals surface area contributed by atoms with Crippen molar-refractivity contribution in [2.24, 2.45) is 5.92 Å². The largest absolute Gasteiger partial charge is 0.478 e. The van der Waals surface area contributed by atoms with Gasteiger partial charge in [0.25, 0.3) is 0 Å². The van der Waals surface area contributed by atoms with E-state index < -0.39 is 0 Å². The second kappa shape index (κ2) is 6.00. The summed E-state index contributed by atoms with van der Waals surface area (Å²) in [4.78, 5) is 10.9. The lowest BCUT2D eigenvalue weighted by Crippen LogP contribution is -2.25. The summed E-state index contributed by atoms with van der Waals surface area (Å²) in [5, 5.41) is 3.24. The van der Waals surface area contributed by atoms with Crippen molar-refractivity contribution >= 4 is 5.82 Å². The molecular weight excluding hydrogens is 228 g/mol. The fourth-order valence-electron chi connectivity index (χ4n) is 2.51. The summed E-state index contributed by atoms with van der Waals surface area (Å²) in [6.45, 7) is 7.84. The predicted molar refractivity (Wildman–Crippen MR) is 72.2 cm³/mol. The van der Waals surface area contributed by atoms with Crippen molar-refractivity contribution in [1.29, 1.82) is 0 Å². The lowest BCUT2D eigenvalue weighted by Gasteiger charge is -2.20. The molecule has 1 saturated heterocycles. The van der Waals surface area contributed by atoms with Crippen molar-refractivity contribution in [3.63, 3.8) is 0 Å². The smallest absolute Gasteiger partial charge is 0.221 e. The molecule has 1 unspecified atom stereocenters. The number of ether oxygens (including phenoxy) is 1. The molecule has 1 aromatic heterocycles. The van der Waals surface area contributed by atoms with Gasteiger partial charge in [0.2, 0.25) is 5.88 Å². The Hall–Kier alpha value is -1.36. The minimum absolute atomic E-state index is 0.639. The SMILES string of the molecule is CCOc1ncnc(N2CCC(CNC)C2)c1C. The minimum Gasteiger partial charge on any atom is -0.478 e. The van der Waals surface area contributed by atoms with E-state index in [1.165, 1.54) is 6.42 Å². The highest BCUT2D eigenvalue weighted by Gasteiger charge is 2.25. The van der Waals surface area contributed by atoms with Crippen molar-refractivity contribution in [1.82, 2.24) is 15.3 Å². The van der Waals surface area contributed by atoms with Gasteiger partial charge in [-0.1, -0.05) is 0 Å². The molecule has 1 aliphatic heterocycles. The lowest BCUT2D eigenvalue weighted by atomic mass is 10.1. The molecule has 0 aromatic carbocycles. The van der Waals surface area contributed by atoms with E-state index in [2.05, 4.69) is 20.2 Å². The molecule has 0 spiro atoms. The van der Waals surface area contributed by atoms with Gasteiger partial charge in [0.1, 0.15) is 12.1 Å². The first kappa shape index (κ1) is 13.1. The molecule has 0 radical (unpaired) electrons. The van der Waals surface area contributed by atoms with Crippen molar-refractivity contribution in [3.8, 4) is 5.88 Å². The average Bonchev–Trinajstić information content (AvgIpc) is 2.81. The van der Waals surface area contributed by atoms with Crippen LogP contribution in [0.25, 0.3) is 0 Å². The zero-order valence-corrected chi connectivity index (χ0v) is 11.4. The highest BCUT2D eigenvalue weighted by molar-refractivity contribution is 5.50. The van der Waals surface area contributed by atoms with Gasteiger partial charge in [-0.3, -0.25) is 0 Å². The zero-order chi connectivity index (χ0) is 13.0. The first-order valence-corrected chi connectivity index (χ1v) is 6.60. The number of nitrogens with one attached hydrogen (secondary N) is 1. The van der Waals surface area contributed by atoms with E-state index in [9.17, 15) is 0 Å². The second-order valence-electron chi connectivity index (χ2n) is 4.72. The predicted octanol–water partition coefficient (Wildman–Crippen LogP) is 1.23. The molecule has 5 heteroatoms. The molecule has 5 nitrogen and oxygen atoms in total. The molecule has 2 rings (SSSR count). The van der Waals surface area contributed by atoms with Gasteiger partial charge in [-0.15, -0.1) is 0 Å². The normalized spacial score (nSPS) is 19.3. The Kier molecular flexibility index (Phi) is 4.36. The summed E-state index contributed by atoms with van der Waals surface area (Å²) >= 11 is 0. The molecular formula is C13H22N4O. The van der Waals surface area contributed by atoms with Crippen LogP contribution < -0.4 is 15.0 Å². The van der Waals surface area contributed by atoms with E-state index >= 15 is 0 Å². The van der Waals surface area contributed by atoms with Crippen LogP contribution >= 0.6 is 0 Å². The number of anilines is 1. The van der Waals surface area contributed by atoms with Gasteiger partial charge in [-0.25, -0.2) is 9.97 Å². The first-order valence-electron chi connectivity index (χ1n) is 6.60. The Morgan fingerprint density at radius 2 is 2.33 bits per heavy atom. The number of rotatable bonds is 5. The molecule has 1 aromatic rings. The van der Waals surface area contributed by atoms with Gasteiger partial charge in [0, 0.05) is 13.1 Å². The Morgan fingerprint density at radius 1 is 1.50 bits per heavy atom. The molecule has 1 atom stereocenters. The minimum atomic E-state index is 0.639. The van der Waals surface area contributed by atoms with Gasteiger partial charge in [0.05, 0.1) is 12.2 Å². The van der Waals surface area contributed by atoms with Gasteiger partial charge < -0.3 is 15.0 Å². The van der Waals surface area contributed by atoms with Crippen LogP contribution in [-0.4, -0.2) is 43.3 Å². The van der Waals surface area contributed by atoms with Crippen molar-refractivity contribution in [3.05, 3.63) is 11.9 Å². The Labute approximate surface area is 109 Å². The maximum Gasteiger partial charge on any atom is 0.221 e. The molecule has 0 saturated carbocycles. The van der Waals surface area contributed by atoms with Crippen LogP contribution in [0.4, 0.5) is 5.82 Å². The summed E-state index contributed by atoms with van der Waals surface area (Å²) in [6.07, 6.45) is 2.81. The third-order valence-electron chi connectivity index (χ3n) is 3.37. The molecule has 2 heterocycles. The van der Waals surface area contributed by atoms with Crippen LogP contribution in [-0.2, 0) is 0 Å². The van der Waals surface area contributed by atoms with Crippen LogP contribution in [0.1, 0.15) is 18.9 Å². The van der Waals surface area contributed by atoms with E-state index in [1.54, 1.807) is 6.33 Å². The lowest BCUT2D eigenvalue weighted by molar-refractivity contribution is 0.323. The highest BCUT2D eigenvalue weighted by Crippen LogP contribution is 2.28. The summed E-state index contributed by atoms with van der Waals surface area (Å²) in [5.74, 6) is 2.44. The van der Waals surface area contributed by atoms with E-state index in [1.807, 2.05) is 20.9 Å². The Morgan fingerprint density at radius 3 is 3.06 bits per heavy atom. The Bertz CT molecular complexity index is 397. The zero-order valence-electron chi connectivity index (χ0n) is 11.4. The molecule has 0 amide bonds. The van der Waals surface area contributed by atoms with Gasteiger partial charge in [0.15, 0.2) is 0 Å². The quantitative estimate of drug-likeness (QED) is 0.852. The summed E-state index contributed by atoms with van der Waals surface area (Å²) in [6, 6.07) is 0. The summed E-state index contributed by atoms with van der Waals surface area (Å²) in [7, 11) is 2.01. The Balaban J connectivity index is 2.12. The molecule has 0 aliphatic carbocycles. The summed E-state index contributed by atoms with van der Waals surface area (Å²) in [5.41, 5.74) is 1.05. The summed E-state index contributed by atoms with van der Waals surface area (Å²) < 4.78 is 5.52. The number of nitrogens with zero attached hydrogens (tertiary/aromatic N) is 3. The monoisotopic (exact) mass is 250 g/mol. The van der Waals surface area contributed by atoms with Crippen LogP contribution in [0.5, 0.6) is 5.88 Å². The molecule has 18 heavy (non-hydrogen) atoms. The van der Waals surface area contributed by atoms with Crippen LogP contribution in [0, 0.1) is 12.8 Å². The maximum atomic E-state index is 5.52.